The molecular formula is C14H17Cl2NO4. The molecule has 1 aromatic rings. The van der Waals surface area contributed by atoms with Gasteiger partial charge in [0.1, 0.15) is 6.04 Å². The minimum atomic E-state index is -1.54. The number of halogens is 2. The average molecular weight is 334 g/mol. The molecule has 1 unspecified atom stereocenters. The number of carbonyl (C=O) groups excluding carboxylic acids is 1. The average Bonchev–Trinajstić information content (AvgIpc) is 2.41. The molecule has 0 bridgehead atoms. The molecular weight excluding hydrogens is 317 g/mol. The molecule has 0 saturated heterocycles. The van der Waals surface area contributed by atoms with E-state index >= 15 is 0 Å². The normalized spacial score (nSPS) is 15.1. The van der Waals surface area contributed by atoms with Crippen LogP contribution in [-0.4, -0.2) is 28.1 Å². The SMILES string of the molecule is CC[C@H](C)[C@H](NC(=O)C(O)c1cc(Cl)cc(Cl)c1)C(=O)O. The Hall–Kier alpha value is -1.30. The van der Waals surface area contributed by atoms with Crippen molar-refractivity contribution < 1.29 is 19.8 Å². The number of aliphatic hydroxyl groups is 1. The molecule has 0 radical (unpaired) electrons. The van der Waals surface area contributed by atoms with Crippen molar-refractivity contribution in [2.24, 2.45) is 5.92 Å². The van der Waals surface area contributed by atoms with Crippen molar-refractivity contribution in [1.29, 1.82) is 0 Å². The molecule has 0 aliphatic carbocycles. The topological polar surface area (TPSA) is 86.6 Å². The first-order valence-electron chi connectivity index (χ1n) is 6.43. The fraction of sp³-hybridized carbons (Fsp3) is 0.429. The van der Waals surface area contributed by atoms with Crippen LogP contribution in [0.1, 0.15) is 31.9 Å². The first-order valence-corrected chi connectivity index (χ1v) is 7.19. The van der Waals surface area contributed by atoms with Crippen molar-refractivity contribution in [3.63, 3.8) is 0 Å². The molecule has 5 nitrogen and oxygen atoms in total. The van der Waals surface area contributed by atoms with Crippen LogP contribution in [0.5, 0.6) is 0 Å². The van der Waals surface area contributed by atoms with E-state index in [0.29, 0.717) is 6.42 Å². The highest BCUT2D eigenvalue weighted by molar-refractivity contribution is 6.34. The lowest BCUT2D eigenvalue weighted by Gasteiger charge is -2.22. The van der Waals surface area contributed by atoms with E-state index in [1.807, 2.05) is 6.92 Å². The number of nitrogens with one attached hydrogen (secondary N) is 1. The smallest absolute Gasteiger partial charge is 0.326 e. The van der Waals surface area contributed by atoms with Gasteiger partial charge in [-0.2, -0.15) is 0 Å². The predicted molar refractivity (Wildman–Crippen MR) is 80.4 cm³/mol. The van der Waals surface area contributed by atoms with Crippen LogP contribution in [0, 0.1) is 5.92 Å². The van der Waals surface area contributed by atoms with Gasteiger partial charge in [0.2, 0.25) is 0 Å². The number of benzene rings is 1. The molecule has 21 heavy (non-hydrogen) atoms. The number of carbonyl (C=O) groups is 2. The predicted octanol–water partition coefficient (Wildman–Crippen LogP) is 2.64. The molecule has 0 aliphatic rings. The van der Waals surface area contributed by atoms with Crippen molar-refractivity contribution in [2.75, 3.05) is 0 Å². The number of aliphatic carboxylic acids is 1. The molecule has 7 heteroatoms. The van der Waals surface area contributed by atoms with Gasteiger partial charge in [0.15, 0.2) is 6.10 Å². The summed E-state index contributed by atoms with van der Waals surface area (Å²) in [6.07, 6.45) is -0.955. The third kappa shape index (κ3) is 4.88. The molecule has 3 atom stereocenters. The molecule has 0 aliphatic heterocycles. The van der Waals surface area contributed by atoms with Crippen molar-refractivity contribution in [2.45, 2.75) is 32.4 Å². The van der Waals surface area contributed by atoms with Gasteiger partial charge in [-0.15, -0.1) is 0 Å². The van der Waals surface area contributed by atoms with E-state index in [-0.39, 0.29) is 21.5 Å². The largest absolute Gasteiger partial charge is 0.480 e. The van der Waals surface area contributed by atoms with Gasteiger partial charge in [-0.1, -0.05) is 43.5 Å². The van der Waals surface area contributed by atoms with Crippen LogP contribution in [0.4, 0.5) is 0 Å². The summed E-state index contributed by atoms with van der Waals surface area (Å²) in [4.78, 5) is 23.2. The van der Waals surface area contributed by atoms with Gasteiger partial charge < -0.3 is 15.5 Å². The van der Waals surface area contributed by atoms with E-state index in [4.69, 9.17) is 28.3 Å². The van der Waals surface area contributed by atoms with Crippen LogP contribution in [0.2, 0.25) is 10.0 Å². The third-order valence-electron chi connectivity index (χ3n) is 3.23. The molecule has 1 aromatic carbocycles. The van der Waals surface area contributed by atoms with Gasteiger partial charge in [-0.3, -0.25) is 4.79 Å². The van der Waals surface area contributed by atoms with E-state index in [0.717, 1.165) is 0 Å². The fourth-order valence-electron chi connectivity index (χ4n) is 1.80. The zero-order valence-corrected chi connectivity index (χ0v) is 13.1. The number of carboxylic acids is 1. The lowest BCUT2D eigenvalue weighted by molar-refractivity contribution is -0.145. The van der Waals surface area contributed by atoms with Crippen LogP contribution in [0.3, 0.4) is 0 Å². The summed E-state index contributed by atoms with van der Waals surface area (Å²) in [5.41, 5.74) is 0.207. The first kappa shape index (κ1) is 17.8. The van der Waals surface area contributed by atoms with E-state index < -0.39 is 24.0 Å². The molecule has 1 rings (SSSR count). The van der Waals surface area contributed by atoms with Crippen molar-refractivity contribution in [3.05, 3.63) is 33.8 Å². The quantitative estimate of drug-likeness (QED) is 0.746. The Labute approximate surface area is 132 Å². The van der Waals surface area contributed by atoms with Crippen LogP contribution < -0.4 is 5.32 Å². The Morgan fingerprint density at radius 3 is 2.19 bits per heavy atom. The monoisotopic (exact) mass is 333 g/mol. The van der Waals surface area contributed by atoms with Crippen molar-refractivity contribution >= 4 is 35.1 Å². The number of rotatable bonds is 6. The molecule has 0 heterocycles. The van der Waals surface area contributed by atoms with Crippen LogP contribution in [0.15, 0.2) is 18.2 Å². The van der Waals surface area contributed by atoms with Gasteiger partial charge >= 0.3 is 5.97 Å². The number of hydrogen-bond acceptors (Lipinski definition) is 3. The maximum Gasteiger partial charge on any atom is 0.326 e. The zero-order chi connectivity index (χ0) is 16.2. The molecule has 3 N–H and O–H groups in total. The van der Waals surface area contributed by atoms with Gasteiger partial charge in [-0.05, 0) is 29.7 Å². The fourth-order valence-corrected chi connectivity index (χ4v) is 2.34. The van der Waals surface area contributed by atoms with E-state index in [9.17, 15) is 14.7 Å². The van der Waals surface area contributed by atoms with E-state index in [2.05, 4.69) is 5.32 Å². The summed E-state index contributed by atoms with van der Waals surface area (Å²) in [5, 5.41) is 22.0. The second kappa shape index (κ2) is 7.64. The Morgan fingerprint density at radius 2 is 1.76 bits per heavy atom. The Balaban J connectivity index is 2.89. The molecule has 116 valence electrons. The first-order chi connectivity index (χ1) is 9.76. The highest BCUT2D eigenvalue weighted by Crippen LogP contribution is 2.24. The van der Waals surface area contributed by atoms with Crippen LogP contribution in [0.25, 0.3) is 0 Å². The molecule has 0 fully saturated rings. The highest BCUT2D eigenvalue weighted by atomic mass is 35.5. The Bertz CT molecular complexity index is 515. The lowest BCUT2D eigenvalue weighted by Crippen LogP contribution is -2.46. The standard InChI is InChI=1S/C14H17Cl2NO4/c1-3-7(2)11(14(20)21)17-13(19)12(18)8-4-9(15)6-10(16)5-8/h4-7,11-12,18H,3H2,1-2H3,(H,17,19)(H,20,21)/t7-,11-,12?/m0/s1. The number of amides is 1. The summed E-state index contributed by atoms with van der Waals surface area (Å²) in [7, 11) is 0. The number of hydrogen-bond donors (Lipinski definition) is 3. The Kier molecular flexibility index (Phi) is 6.45. The highest BCUT2D eigenvalue weighted by Gasteiger charge is 2.28. The maximum absolute atomic E-state index is 12.0. The molecule has 1 amide bonds. The lowest BCUT2D eigenvalue weighted by atomic mass is 9.98. The summed E-state index contributed by atoms with van der Waals surface area (Å²) in [5.74, 6) is -2.21. The van der Waals surface area contributed by atoms with Crippen molar-refractivity contribution in [1.82, 2.24) is 5.32 Å². The molecule has 0 spiro atoms. The number of carboxylic acid groups (broad SMARTS) is 1. The van der Waals surface area contributed by atoms with Crippen LogP contribution >= 0.6 is 23.2 Å². The van der Waals surface area contributed by atoms with Gasteiger partial charge in [0.05, 0.1) is 0 Å². The van der Waals surface area contributed by atoms with Crippen molar-refractivity contribution in [3.8, 4) is 0 Å². The van der Waals surface area contributed by atoms with Crippen LogP contribution in [-0.2, 0) is 9.59 Å². The second-order valence-electron chi connectivity index (χ2n) is 4.82. The van der Waals surface area contributed by atoms with Gasteiger partial charge in [0.25, 0.3) is 5.91 Å². The second-order valence-corrected chi connectivity index (χ2v) is 5.69. The van der Waals surface area contributed by atoms with Gasteiger partial charge in [-0.25, -0.2) is 4.79 Å². The molecule has 0 saturated carbocycles. The number of aliphatic hydroxyl groups excluding tert-OH is 1. The zero-order valence-electron chi connectivity index (χ0n) is 11.6. The summed E-state index contributed by atoms with van der Waals surface area (Å²) >= 11 is 11.6. The summed E-state index contributed by atoms with van der Waals surface area (Å²) in [6, 6.07) is 3.20. The summed E-state index contributed by atoms with van der Waals surface area (Å²) < 4.78 is 0. The summed E-state index contributed by atoms with van der Waals surface area (Å²) in [6.45, 7) is 3.53. The maximum atomic E-state index is 12.0. The van der Waals surface area contributed by atoms with E-state index in [1.54, 1.807) is 6.92 Å². The minimum absolute atomic E-state index is 0.207. The minimum Gasteiger partial charge on any atom is -0.480 e. The van der Waals surface area contributed by atoms with E-state index in [1.165, 1.54) is 18.2 Å². The molecule has 0 aromatic heterocycles. The third-order valence-corrected chi connectivity index (χ3v) is 3.66. The Morgan fingerprint density at radius 1 is 1.24 bits per heavy atom. The van der Waals surface area contributed by atoms with Gasteiger partial charge in [0, 0.05) is 10.0 Å².